The van der Waals surface area contributed by atoms with Crippen LogP contribution in [0.25, 0.3) is 0 Å². The monoisotopic (exact) mass is 157 g/mol. The Balaban J connectivity index is 3.54. The highest BCUT2D eigenvalue weighted by atomic mass is 15.1. The van der Waals surface area contributed by atoms with Crippen LogP contribution in [0.1, 0.15) is 40.5 Å². The molecule has 1 nitrogen and oxygen atoms in total. The van der Waals surface area contributed by atoms with E-state index < -0.39 is 0 Å². The van der Waals surface area contributed by atoms with E-state index in [1.807, 2.05) is 0 Å². The Bertz CT molecular complexity index is 99.9. The Labute approximate surface area is 71.8 Å². The zero-order valence-electron chi connectivity index (χ0n) is 8.94. The Morgan fingerprint density at radius 2 is 1.64 bits per heavy atom. The van der Waals surface area contributed by atoms with Gasteiger partial charge in [-0.15, -0.1) is 0 Å². The second kappa shape index (κ2) is 4.10. The molecule has 68 valence electrons. The summed E-state index contributed by atoms with van der Waals surface area (Å²) in [6.07, 6.45) is 2.61. The summed E-state index contributed by atoms with van der Waals surface area (Å²) in [7, 11) is 4.29. The van der Waals surface area contributed by atoms with Gasteiger partial charge in [0.25, 0.3) is 0 Å². The van der Waals surface area contributed by atoms with Gasteiger partial charge < -0.3 is 4.90 Å². The maximum Gasteiger partial charge on any atom is 0.00610 e. The van der Waals surface area contributed by atoms with Gasteiger partial charge in [-0.05, 0) is 39.3 Å². The molecule has 0 rings (SSSR count). The lowest BCUT2D eigenvalue weighted by Crippen LogP contribution is -2.25. The van der Waals surface area contributed by atoms with Crippen LogP contribution in [0.4, 0.5) is 0 Å². The maximum absolute atomic E-state index is 2.30. The van der Waals surface area contributed by atoms with Crippen LogP contribution in [0.5, 0.6) is 0 Å². The first-order chi connectivity index (χ1) is 4.83. The molecule has 0 aliphatic carbocycles. The van der Waals surface area contributed by atoms with Crippen LogP contribution in [0, 0.1) is 5.41 Å². The summed E-state index contributed by atoms with van der Waals surface area (Å²) >= 11 is 0. The molecule has 0 aromatic rings. The third kappa shape index (κ3) is 6.36. The van der Waals surface area contributed by atoms with Crippen LogP contribution in [0.2, 0.25) is 0 Å². The fourth-order valence-electron chi connectivity index (χ4n) is 0.900. The molecular weight excluding hydrogens is 134 g/mol. The minimum atomic E-state index is 0.490. The third-order valence-electron chi connectivity index (χ3n) is 2.19. The molecule has 0 spiro atoms. The van der Waals surface area contributed by atoms with Gasteiger partial charge in [0, 0.05) is 6.04 Å². The van der Waals surface area contributed by atoms with Crippen molar-refractivity contribution in [1.29, 1.82) is 0 Å². The SMILES string of the molecule is CC(CCC(C)(C)C)N(C)C. The highest BCUT2D eigenvalue weighted by Gasteiger charge is 2.12. The number of nitrogens with zero attached hydrogens (tertiary/aromatic N) is 1. The third-order valence-corrected chi connectivity index (χ3v) is 2.19. The maximum atomic E-state index is 2.30. The van der Waals surface area contributed by atoms with Gasteiger partial charge >= 0.3 is 0 Å². The quantitative estimate of drug-likeness (QED) is 0.609. The average molecular weight is 157 g/mol. The predicted molar refractivity (Wildman–Crippen MR) is 51.8 cm³/mol. The van der Waals surface area contributed by atoms with Gasteiger partial charge in [-0.3, -0.25) is 0 Å². The van der Waals surface area contributed by atoms with Crippen molar-refractivity contribution in [2.45, 2.75) is 46.6 Å². The van der Waals surface area contributed by atoms with Crippen LogP contribution in [0.3, 0.4) is 0 Å². The normalized spacial score (nSPS) is 15.5. The summed E-state index contributed by atoms with van der Waals surface area (Å²) < 4.78 is 0. The first-order valence-corrected chi connectivity index (χ1v) is 4.49. The second-order valence-electron chi connectivity index (χ2n) is 4.91. The van der Waals surface area contributed by atoms with Crippen molar-refractivity contribution >= 4 is 0 Å². The van der Waals surface area contributed by atoms with E-state index in [1.54, 1.807) is 0 Å². The molecule has 0 aliphatic heterocycles. The van der Waals surface area contributed by atoms with Crippen LogP contribution in [-0.2, 0) is 0 Å². The lowest BCUT2D eigenvalue weighted by molar-refractivity contribution is 0.254. The molecule has 1 heteroatoms. The van der Waals surface area contributed by atoms with E-state index in [2.05, 4.69) is 46.7 Å². The van der Waals surface area contributed by atoms with Gasteiger partial charge in [0.05, 0.1) is 0 Å². The molecule has 1 unspecified atom stereocenters. The van der Waals surface area contributed by atoms with E-state index in [0.717, 1.165) is 0 Å². The average Bonchev–Trinajstić information content (AvgIpc) is 1.80. The topological polar surface area (TPSA) is 3.24 Å². The molecular formula is C10H23N. The smallest absolute Gasteiger partial charge is 0.00610 e. The highest BCUT2D eigenvalue weighted by Crippen LogP contribution is 2.22. The van der Waals surface area contributed by atoms with Crippen molar-refractivity contribution in [3.05, 3.63) is 0 Å². The van der Waals surface area contributed by atoms with E-state index in [0.29, 0.717) is 11.5 Å². The molecule has 0 aromatic heterocycles. The van der Waals surface area contributed by atoms with E-state index >= 15 is 0 Å². The van der Waals surface area contributed by atoms with Gasteiger partial charge in [-0.25, -0.2) is 0 Å². The fourth-order valence-corrected chi connectivity index (χ4v) is 0.900. The second-order valence-corrected chi connectivity index (χ2v) is 4.91. The van der Waals surface area contributed by atoms with Crippen molar-refractivity contribution in [3.63, 3.8) is 0 Å². The van der Waals surface area contributed by atoms with Crippen molar-refractivity contribution in [2.24, 2.45) is 5.41 Å². The molecule has 0 fully saturated rings. The molecule has 0 aromatic carbocycles. The standard InChI is InChI=1S/C10H23N/c1-9(11(5)6)7-8-10(2,3)4/h9H,7-8H2,1-6H3. The van der Waals surface area contributed by atoms with Gasteiger partial charge in [-0.2, -0.15) is 0 Å². The summed E-state index contributed by atoms with van der Waals surface area (Å²) in [5, 5.41) is 0. The summed E-state index contributed by atoms with van der Waals surface area (Å²) in [4.78, 5) is 2.28. The van der Waals surface area contributed by atoms with E-state index in [-0.39, 0.29) is 0 Å². The van der Waals surface area contributed by atoms with Gasteiger partial charge in [-0.1, -0.05) is 20.8 Å². The highest BCUT2D eigenvalue weighted by molar-refractivity contribution is 4.67. The summed E-state index contributed by atoms with van der Waals surface area (Å²) in [6, 6.07) is 0.717. The fraction of sp³-hybridized carbons (Fsp3) is 1.00. The van der Waals surface area contributed by atoms with E-state index in [9.17, 15) is 0 Å². The minimum Gasteiger partial charge on any atom is -0.307 e. The van der Waals surface area contributed by atoms with Crippen LogP contribution >= 0.6 is 0 Å². The first kappa shape index (κ1) is 11.0. The summed E-state index contributed by atoms with van der Waals surface area (Å²) in [5.74, 6) is 0. The Kier molecular flexibility index (Phi) is 4.09. The molecule has 0 saturated heterocycles. The Hall–Kier alpha value is -0.0400. The van der Waals surface area contributed by atoms with Crippen LogP contribution < -0.4 is 0 Å². The van der Waals surface area contributed by atoms with E-state index in [1.165, 1.54) is 12.8 Å². The Morgan fingerprint density at radius 1 is 1.18 bits per heavy atom. The van der Waals surface area contributed by atoms with Gasteiger partial charge in [0.1, 0.15) is 0 Å². The zero-order valence-corrected chi connectivity index (χ0v) is 8.94. The van der Waals surface area contributed by atoms with Gasteiger partial charge in [0.15, 0.2) is 0 Å². The van der Waals surface area contributed by atoms with Crippen molar-refractivity contribution in [1.82, 2.24) is 4.90 Å². The Morgan fingerprint density at radius 3 is 1.91 bits per heavy atom. The molecule has 0 amide bonds. The molecule has 0 N–H and O–H groups in total. The molecule has 0 aliphatic rings. The lowest BCUT2D eigenvalue weighted by atomic mass is 9.89. The molecule has 0 heterocycles. The van der Waals surface area contributed by atoms with Crippen molar-refractivity contribution in [2.75, 3.05) is 14.1 Å². The van der Waals surface area contributed by atoms with Crippen LogP contribution in [0.15, 0.2) is 0 Å². The summed E-state index contributed by atoms with van der Waals surface area (Å²) in [6.45, 7) is 9.19. The van der Waals surface area contributed by atoms with Crippen molar-refractivity contribution in [3.8, 4) is 0 Å². The minimum absolute atomic E-state index is 0.490. The molecule has 0 bridgehead atoms. The largest absolute Gasteiger partial charge is 0.307 e. The van der Waals surface area contributed by atoms with Crippen LogP contribution in [-0.4, -0.2) is 25.0 Å². The predicted octanol–water partition coefficient (Wildman–Crippen LogP) is 2.76. The van der Waals surface area contributed by atoms with Crippen molar-refractivity contribution < 1.29 is 0 Å². The van der Waals surface area contributed by atoms with E-state index in [4.69, 9.17) is 0 Å². The van der Waals surface area contributed by atoms with Gasteiger partial charge in [0.2, 0.25) is 0 Å². The molecule has 0 saturated carbocycles. The molecule has 0 radical (unpaired) electrons. The zero-order chi connectivity index (χ0) is 9.07. The summed E-state index contributed by atoms with van der Waals surface area (Å²) in [5.41, 5.74) is 0.490. The molecule has 1 atom stereocenters. The number of hydrogen-bond donors (Lipinski definition) is 0. The lowest BCUT2D eigenvalue weighted by Gasteiger charge is -2.24. The first-order valence-electron chi connectivity index (χ1n) is 4.49. The molecule has 11 heavy (non-hydrogen) atoms. The number of hydrogen-bond acceptors (Lipinski definition) is 1. The number of rotatable bonds is 3.